The highest BCUT2D eigenvalue weighted by Crippen LogP contribution is 2.35. The Morgan fingerprint density at radius 2 is 2.29 bits per heavy atom. The number of benzene rings is 1. The van der Waals surface area contributed by atoms with Gasteiger partial charge in [-0.25, -0.2) is 0 Å². The zero-order chi connectivity index (χ0) is 12.5. The molecular formula is C12H16N2O3. The van der Waals surface area contributed by atoms with Gasteiger partial charge in [0.1, 0.15) is 5.75 Å². The first-order valence-electron chi connectivity index (χ1n) is 5.47. The lowest BCUT2D eigenvalue weighted by Gasteiger charge is -2.14. The molecule has 0 unspecified atom stereocenters. The highest BCUT2D eigenvalue weighted by molar-refractivity contribution is 5.96. The summed E-state index contributed by atoms with van der Waals surface area (Å²) >= 11 is 0. The van der Waals surface area contributed by atoms with Crippen molar-refractivity contribution in [3.8, 4) is 5.75 Å². The molecule has 1 aliphatic rings. The third-order valence-electron chi connectivity index (χ3n) is 3.03. The molecular weight excluding hydrogens is 220 g/mol. The Hall–Kier alpha value is -1.75. The maximum Gasteiger partial charge on any atom is 0.251 e. The Balaban J connectivity index is 2.12. The fourth-order valence-corrected chi connectivity index (χ4v) is 1.66. The zero-order valence-electron chi connectivity index (χ0n) is 9.69. The number of aliphatic hydroxyl groups is 1. The van der Waals surface area contributed by atoms with Crippen LogP contribution in [0.1, 0.15) is 23.2 Å². The van der Waals surface area contributed by atoms with Crippen molar-refractivity contribution in [2.45, 2.75) is 18.4 Å². The second-order valence-corrected chi connectivity index (χ2v) is 4.35. The Labute approximate surface area is 99.6 Å². The smallest absolute Gasteiger partial charge is 0.251 e. The topological polar surface area (TPSA) is 84.6 Å². The van der Waals surface area contributed by atoms with Crippen molar-refractivity contribution >= 4 is 11.6 Å². The van der Waals surface area contributed by atoms with Crippen molar-refractivity contribution in [3.05, 3.63) is 23.8 Å². The van der Waals surface area contributed by atoms with Gasteiger partial charge in [-0.3, -0.25) is 4.79 Å². The molecule has 0 radical (unpaired) electrons. The number of amides is 1. The Bertz CT molecular complexity index is 441. The van der Waals surface area contributed by atoms with Gasteiger partial charge < -0.3 is 20.9 Å². The molecule has 1 amide bonds. The van der Waals surface area contributed by atoms with E-state index in [1.165, 1.54) is 7.11 Å². The van der Waals surface area contributed by atoms with Crippen molar-refractivity contribution in [1.82, 2.24) is 5.32 Å². The van der Waals surface area contributed by atoms with Crippen LogP contribution in [0.25, 0.3) is 0 Å². The molecule has 0 atom stereocenters. The van der Waals surface area contributed by atoms with E-state index in [2.05, 4.69) is 5.32 Å². The SMILES string of the molecule is COc1ccc(C(=O)NC2(CO)CC2)cc1N. The average Bonchev–Trinajstić information content (AvgIpc) is 3.09. The summed E-state index contributed by atoms with van der Waals surface area (Å²) in [6, 6.07) is 4.88. The van der Waals surface area contributed by atoms with Gasteiger partial charge in [-0.1, -0.05) is 0 Å². The lowest BCUT2D eigenvalue weighted by atomic mass is 10.1. The van der Waals surface area contributed by atoms with Gasteiger partial charge in [0.05, 0.1) is 24.9 Å². The quantitative estimate of drug-likeness (QED) is 0.666. The number of ether oxygens (including phenoxy) is 1. The van der Waals surface area contributed by atoms with Crippen LogP contribution in [-0.4, -0.2) is 30.3 Å². The molecule has 0 aromatic heterocycles. The maximum atomic E-state index is 11.9. The molecule has 0 bridgehead atoms. The Morgan fingerprint density at radius 1 is 1.59 bits per heavy atom. The number of methoxy groups -OCH3 is 1. The summed E-state index contributed by atoms with van der Waals surface area (Å²) in [7, 11) is 1.52. The molecule has 1 aliphatic carbocycles. The van der Waals surface area contributed by atoms with Crippen LogP contribution in [0.2, 0.25) is 0 Å². The number of nitrogen functional groups attached to an aromatic ring is 1. The predicted molar refractivity (Wildman–Crippen MR) is 63.9 cm³/mol. The minimum Gasteiger partial charge on any atom is -0.495 e. The lowest BCUT2D eigenvalue weighted by Crippen LogP contribution is -2.39. The predicted octanol–water partition coefficient (Wildman–Crippen LogP) is 0.532. The summed E-state index contributed by atoms with van der Waals surface area (Å²) in [4.78, 5) is 11.9. The van der Waals surface area contributed by atoms with Gasteiger partial charge >= 0.3 is 0 Å². The maximum absolute atomic E-state index is 11.9. The number of rotatable bonds is 4. The van der Waals surface area contributed by atoms with Gasteiger partial charge in [-0.05, 0) is 31.0 Å². The van der Waals surface area contributed by atoms with E-state index < -0.39 is 5.54 Å². The minimum atomic E-state index is -0.411. The monoisotopic (exact) mass is 236 g/mol. The number of carbonyl (C=O) groups is 1. The van der Waals surface area contributed by atoms with Crippen LogP contribution in [0.4, 0.5) is 5.69 Å². The van der Waals surface area contributed by atoms with Crippen molar-refractivity contribution < 1.29 is 14.6 Å². The van der Waals surface area contributed by atoms with Gasteiger partial charge in [0.25, 0.3) is 5.91 Å². The van der Waals surface area contributed by atoms with Crippen molar-refractivity contribution in [2.75, 3.05) is 19.5 Å². The average molecular weight is 236 g/mol. The Morgan fingerprint density at radius 3 is 2.76 bits per heavy atom. The fourth-order valence-electron chi connectivity index (χ4n) is 1.66. The van der Waals surface area contributed by atoms with E-state index in [4.69, 9.17) is 15.6 Å². The van der Waals surface area contributed by atoms with Gasteiger partial charge in [-0.2, -0.15) is 0 Å². The van der Waals surface area contributed by atoms with E-state index in [0.29, 0.717) is 17.0 Å². The first-order chi connectivity index (χ1) is 8.10. The molecule has 5 heteroatoms. The van der Waals surface area contributed by atoms with Crippen LogP contribution in [0, 0.1) is 0 Å². The van der Waals surface area contributed by atoms with E-state index in [1.807, 2.05) is 0 Å². The van der Waals surface area contributed by atoms with Gasteiger partial charge in [0.2, 0.25) is 0 Å². The zero-order valence-corrected chi connectivity index (χ0v) is 9.69. The first-order valence-corrected chi connectivity index (χ1v) is 5.47. The van der Waals surface area contributed by atoms with Crippen LogP contribution in [-0.2, 0) is 0 Å². The molecule has 1 saturated carbocycles. The number of hydrogen-bond donors (Lipinski definition) is 3. The number of carbonyl (C=O) groups excluding carboxylic acids is 1. The Kier molecular flexibility index (Phi) is 2.93. The third kappa shape index (κ3) is 2.34. The molecule has 1 aromatic rings. The number of hydrogen-bond acceptors (Lipinski definition) is 4. The largest absolute Gasteiger partial charge is 0.495 e. The third-order valence-corrected chi connectivity index (χ3v) is 3.03. The van der Waals surface area contributed by atoms with Crippen molar-refractivity contribution in [1.29, 1.82) is 0 Å². The molecule has 1 fully saturated rings. The molecule has 4 N–H and O–H groups in total. The highest BCUT2D eigenvalue weighted by Gasteiger charge is 2.43. The summed E-state index contributed by atoms with van der Waals surface area (Å²) in [5.74, 6) is 0.329. The van der Waals surface area contributed by atoms with Gasteiger partial charge in [0.15, 0.2) is 0 Å². The van der Waals surface area contributed by atoms with E-state index in [1.54, 1.807) is 18.2 Å². The second kappa shape index (κ2) is 4.25. The van der Waals surface area contributed by atoms with E-state index >= 15 is 0 Å². The second-order valence-electron chi connectivity index (χ2n) is 4.35. The summed E-state index contributed by atoms with van der Waals surface area (Å²) in [6.07, 6.45) is 1.64. The number of nitrogens with two attached hydrogens (primary N) is 1. The number of anilines is 1. The van der Waals surface area contributed by atoms with E-state index in [-0.39, 0.29) is 12.5 Å². The highest BCUT2D eigenvalue weighted by atomic mass is 16.5. The number of nitrogens with one attached hydrogen (secondary N) is 1. The van der Waals surface area contributed by atoms with Crippen LogP contribution < -0.4 is 15.8 Å². The molecule has 5 nitrogen and oxygen atoms in total. The lowest BCUT2D eigenvalue weighted by molar-refractivity contribution is 0.0907. The van der Waals surface area contributed by atoms with Crippen molar-refractivity contribution in [3.63, 3.8) is 0 Å². The van der Waals surface area contributed by atoms with E-state index in [9.17, 15) is 4.79 Å². The summed E-state index contributed by atoms with van der Waals surface area (Å²) in [5.41, 5.74) is 6.22. The van der Waals surface area contributed by atoms with Crippen LogP contribution in [0.15, 0.2) is 18.2 Å². The molecule has 2 rings (SSSR count). The molecule has 92 valence electrons. The normalized spacial score (nSPS) is 16.4. The summed E-state index contributed by atoms with van der Waals surface area (Å²) in [6.45, 7) is -0.0234. The molecule has 0 spiro atoms. The fraction of sp³-hybridized carbons (Fsp3) is 0.417. The van der Waals surface area contributed by atoms with Crippen molar-refractivity contribution in [2.24, 2.45) is 0 Å². The van der Waals surface area contributed by atoms with Crippen LogP contribution >= 0.6 is 0 Å². The molecule has 1 aromatic carbocycles. The summed E-state index contributed by atoms with van der Waals surface area (Å²) in [5, 5.41) is 11.9. The molecule has 0 saturated heterocycles. The van der Waals surface area contributed by atoms with Gasteiger partial charge in [-0.15, -0.1) is 0 Å². The van der Waals surface area contributed by atoms with Crippen LogP contribution in [0.5, 0.6) is 5.75 Å². The van der Waals surface area contributed by atoms with E-state index in [0.717, 1.165) is 12.8 Å². The summed E-state index contributed by atoms with van der Waals surface area (Å²) < 4.78 is 5.02. The molecule has 17 heavy (non-hydrogen) atoms. The number of aliphatic hydroxyl groups excluding tert-OH is 1. The van der Waals surface area contributed by atoms with Gasteiger partial charge in [0, 0.05) is 5.56 Å². The first kappa shape index (κ1) is 11.7. The standard InChI is InChI=1S/C12H16N2O3/c1-17-10-3-2-8(6-9(10)13)11(16)14-12(7-15)4-5-12/h2-3,6,15H,4-5,7,13H2,1H3,(H,14,16). The molecule has 0 aliphatic heterocycles. The van der Waals surface area contributed by atoms with Crippen LogP contribution in [0.3, 0.4) is 0 Å². The minimum absolute atomic E-state index is 0.0234. The molecule has 0 heterocycles.